The highest BCUT2D eigenvalue weighted by atomic mass is 35.5. The molecule has 3 aromatic rings. The van der Waals surface area contributed by atoms with Gasteiger partial charge >= 0.3 is 0 Å². The molecule has 1 amide bonds. The van der Waals surface area contributed by atoms with Crippen molar-refractivity contribution in [1.82, 2.24) is 5.32 Å². The van der Waals surface area contributed by atoms with E-state index < -0.39 is 0 Å². The van der Waals surface area contributed by atoms with E-state index in [0.717, 1.165) is 13.0 Å². The molecule has 0 saturated heterocycles. The van der Waals surface area contributed by atoms with Gasteiger partial charge < -0.3 is 10.2 Å². The lowest BCUT2D eigenvalue weighted by Gasteiger charge is -2.30. The van der Waals surface area contributed by atoms with Crippen LogP contribution in [0.2, 0.25) is 5.02 Å². The highest BCUT2D eigenvalue weighted by Crippen LogP contribution is 2.36. The first kappa shape index (κ1) is 17.1. The van der Waals surface area contributed by atoms with Gasteiger partial charge in [0, 0.05) is 34.2 Å². The molecule has 0 bridgehead atoms. The first-order valence-electron chi connectivity index (χ1n) is 8.64. The van der Waals surface area contributed by atoms with Crippen molar-refractivity contribution in [2.75, 3.05) is 18.0 Å². The number of anilines is 1. The molecule has 0 aliphatic carbocycles. The predicted molar refractivity (Wildman–Crippen MR) is 108 cm³/mol. The van der Waals surface area contributed by atoms with E-state index in [-0.39, 0.29) is 11.9 Å². The van der Waals surface area contributed by atoms with Crippen molar-refractivity contribution in [3.8, 4) is 0 Å². The number of hydrogen-bond acceptors (Lipinski definition) is 3. The summed E-state index contributed by atoms with van der Waals surface area (Å²) in [5.41, 5.74) is 3.22. The molecule has 132 valence electrons. The Bertz CT molecular complexity index is 910. The lowest BCUT2D eigenvalue weighted by molar-refractivity contribution is 0.0951. The van der Waals surface area contributed by atoms with Crippen LogP contribution in [-0.2, 0) is 6.42 Å². The molecule has 2 heterocycles. The van der Waals surface area contributed by atoms with E-state index in [1.165, 1.54) is 16.1 Å². The van der Waals surface area contributed by atoms with Gasteiger partial charge in [0.05, 0.1) is 6.04 Å². The van der Waals surface area contributed by atoms with E-state index in [1.54, 1.807) is 35.6 Å². The predicted octanol–water partition coefficient (Wildman–Crippen LogP) is 4.94. The summed E-state index contributed by atoms with van der Waals surface area (Å²) in [6.45, 7) is 1.52. The SMILES string of the molecule is O=C(NC[C@H](c1cccs1)N1CCc2ccccc21)c1cccc(Cl)c1. The van der Waals surface area contributed by atoms with Crippen LogP contribution in [0.3, 0.4) is 0 Å². The molecular formula is C21H19ClN2OS. The molecule has 0 fully saturated rings. The molecule has 0 unspecified atom stereocenters. The van der Waals surface area contributed by atoms with Crippen molar-refractivity contribution in [1.29, 1.82) is 0 Å². The lowest BCUT2D eigenvalue weighted by atomic mass is 10.1. The zero-order valence-electron chi connectivity index (χ0n) is 14.2. The Morgan fingerprint density at radius 3 is 2.85 bits per heavy atom. The van der Waals surface area contributed by atoms with Gasteiger partial charge in [-0.15, -0.1) is 11.3 Å². The Morgan fingerprint density at radius 1 is 1.15 bits per heavy atom. The summed E-state index contributed by atoms with van der Waals surface area (Å²) < 4.78 is 0. The van der Waals surface area contributed by atoms with Gasteiger partial charge in [0.2, 0.25) is 0 Å². The molecule has 1 atom stereocenters. The number of hydrogen-bond donors (Lipinski definition) is 1. The van der Waals surface area contributed by atoms with E-state index in [2.05, 4.69) is 52.0 Å². The fraction of sp³-hybridized carbons (Fsp3) is 0.190. The van der Waals surface area contributed by atoms with Crippen LogP contribution >= 0.6 is 22.9 Å². The number of rotatable bonds is 5. The average molecular weight is 383 g/mol. The summed E-state index contributed by atoms with van der Waals surface area (Å²) in [6, 6.07) is 19.9. The second-order valence-electron chi connectivity index (χ2n) is 6.32. The Kier molecular flexibility index (Phi) is 4.96. The second-order valence-corrected chi connectivity index (χ2v) is 7.74. The number of carbonyl (C=O) groups is 1. The maximum Gasteiger partial charge on any atom is 0.251 e. The number of thiophene rings is 1. The van der Waals surface area contributed by atoms with Gasteiger partial charge in [0.15, 0.2) is 0 Å². The zero-order chi connectivity index (χ0) is 17.9. The number of benzene rings is 2. The molecule has 5 heteroatoms. The minimum Gasteiger partial charge on any atom is -0.361 e. The van der Waals surface area contributed by atoms with Gasteiger partial charge in [0.1, 0.15) is 0 Å². The number of nitrogens with zero attached hydrogens (tertiary/aromatic N) is 1. The van der Waals surface area contributed by atoms with Crippen molar-refractivity contribution < 1.29 is 4.79 Å². The Labute approximate surface area is 162 Å². The van der Waals surface area contributed by atoms with E-state index in [1.807, 2.05) is 0 Å². The molecule has 1 N–H and O–H groups in total. The molecule has 2 aromatic carbocycles. The number of halogens is 1. The molecule has 0 radical (unpaired) electrons. The van der Waals surface area contributed by atoms with Crippen LogP contribution in [0.4, 0.5) is 5.69 Å². The summed E-state index contributed by atoms with van der Waals surface area (Å²) in [7, 11) is 0. The zero-order valence-corrected chi connectivity index (χ0v) is 15.8. The summed E-state index contributed by atoms with van der Waals surface area (Å²) >= 11 is 7.73. The van der Waals surface area contributed by atoms with E-state index in [4.69, 9.17) is 11.6 Å². The lowest BCUT2D eigenvalue weighted by Crippen LogP contribution is -2.37. The van der Waals surface area contributed by atoms with Gasteiger partial charge in [-0.2, -0.15) is 0 Å². The number of amides is 1. The molecule has 1 aliphatic rings. The summed E-state index contributed by atoms with van der Waals surface area (Å²) in [4.78, 5) is 16.2. The molecule has 4 rings (SSSR count). The van der Waals surface area contributed by atoms with Crippen molar-refractivity contribution in [2.45, 2.75) is 12.5 Å². The Hall–Kier alpha value is -2.30. The first-order valence-corrected chi connectivity index (χ1v) is 9.90. The topological polar surface area (TPSA) is 32.3 Å². The smallest absolute Gasteiger partial charge is 0.251 e. The van der Waals surface area contributed by atoms with Crippen LogP contribution in [0.25, 0.3) is 0 Å². The largest absolute Gasteiger partial charge is 0.361 e. The normalized spacial score (nSPS) is 14.1. The quantitative estimate of drug-likeness (QED) is 0.678. The molecular weight excluding hydrogens is 364 g/mol. The third-order valence-corrected chi connectivity index (χ3v) is 5.92. The standard InChI is InChI=1S/C21H19ClN2OS/c22-17-7-3-6-16(13-17)21(25)23-14-19(20-9-4-12-26-20)24-11-10-15-5-1-2-8-18(15)24/h1-9,12-13,19H,10-11,14H2,(H,23,25)/t19-/m1/s1. The minimum absolute atomic E-state index is 0.0958. The van der Waals surface area contributed by atoms with Crippen LogP contribution in [0.15, 0.2) is 66.0 Å². The highest BCUT2D eigenvalue weighted by molar-refractivity contribution is 7.10. The van der Waals surface area contributed by atoms with Crippen LogP contribution in [0.5, 0.6) is 0 Å². The molecule has 1 aliphatic heterocycles. The van der Waals surface area contributed by atoms with Crippen molar-refractivity contribution >= 4 is 34.5 Å². The monoisotopic (exact) mass is 382 g/mol. The van der Waals surface area contributed by atoms with Gasteiger partial charge in [-0.05, 0) is 47.7 Å². The average Bonchev–Trinajstić information content (AvgIpc) is 3.32. The van der Waals surface area contributed by atoms with Gasteiger partial charge in [-0.1, -0.05) is 41.9 Å². The summed E-state index contributed by atoms with van der Waals surface area (Å²) in [5.74, 6) is -0.0958. The molecule has 0 saturated carbocycles. The molecule has 26 heavy (non-hydrogen) atoms. The second kappa shape index (κ2) is 7.52. The summed E-state index contributed by atoms with van der Waals surface area (Å²) in [6.07, 6.45) is 1.04. The van der Waals surface area contributed by atoms with E-state index in [0.29, 0.717) is 17.1 Å². The van der Waals surface area contributed by atoms with Crippen LogP contribution in [0.1, 0.15) is 26.8 Å². The highest BCUT2D eigenvalue weighted by Gasteiger charge is 2.28. The van der Waals surface area contributed by atoms with Gasteiger partial charge in [0.25, 0.3) is 5.91 Å². The number of carbonyl (C=O) groups excluding carboxylic acids is 1. The van der Waals surface area contributed by atoms with Crippen LogP contribution in [-0.4, -0.2) is 19.0 Å². The maximum atomic E-state index is 12.5. The Morgan fingerprint density at radius 2 is 2.04 bits per heavy atom. The van der Waals surface area contributed by atoms with E-state index in [9.17, 15) is 4.79 Å². The van der Waals surface area contributed by atoms with Crippen LogP contribution < -0.4 is 10.2 Å². The molecule has 1 aromatic heterocycles. The number of fused-ring (bicyclic) bond motifs is 1. The third kappa shape index (κ3) is 3.48. The Balaban J connectivity index is 1.55. The molecule has 0 spiro atoms. The van der Waals surface area contributed by atoms with Crippen LogP contribution in [0, 0.1) is 0 Å². The first-order chi connectivity index (χ1) is 12.7. The number of nitrogens with one attached hydrogen (secondary N) is 1. The molecule has 3 nitrogen and oxygen atoms in total. The van der Waals surface area contributed by atoms with Crippen molar-refractivity contribution in [3.63, 3.8) is 0 Å². The maximum absolute atomic E-state index is 12.5. The fourth-order valence-corrected chi connectivity index (χ4v) is 4.48. The van der Waals surface area contributed by atoms with Crippen molar-refractivity contribution in [3.05, 3.63) is 87.1 Å². The number of para-hydroxylation sites is 1. The van der Waals surface area contributed by atoms with E-state index >= 15 is 0 Å². The third-order valence-electron chi connectivity index (χ3n) is 4.71. The van der Waals surface area contributed by atoms with Gasteiger partial charge in [-0.25, -0.2) is 0 Å². The van der Waals surface area contributed by atoms with Crippen molar-refractivity contribution in [2.24, 2.45) is 0 Å². The minimum atomic E-state index is -0.0958. The summed E-state index contributed by atoms with van der Waals surface area (Å²) in [5, 5.41) is 5.75. The fourth-order valence-electron chi connectivity index (χ4n) is 3.45. The van der Waals surface area contributed by atoms with Gasteiger partial charge in [-0.3, -0.25) is 4.79 Å².